The number of hydroxylamine groups is 1. The van der Waals surface area contributed by atoms with Crippen molar-refractivity contribution >= 4 is 13.9 Å². The van der Waals surface area contributed by atoms with E-state index in [1.165, 1.54) is 12.4 Å². The van der Waals surface area contributed by atoms with Crippen LogP contribution >= 0.6 is 7.82 Å². The quantitative estimate of drug-likeness (QED) is 0.413. The van der Waals surface area contributed by atoms with Crippen LogP contribution < -0.4 is 5.48 Å². The number of carbonyl (C=O) groups is 1. The maximum atomic E-state index is 10.3. The average molecular weight is 185 g/mol. The van der Waals surface area contributed by atoms with Crippen molar-refractivity contribution in [2.24, 2.45) is 0 Å². The zero-order valence-corrected chi connectivity index (χ0v) is 6.58. The monoisotopic (exact) mass is 185 g/mol. The highest BCUT2D eigenvalue weighted by Crippen LogP contribution is 2.33. The number of nitrogens with one attached hydrogen (secondary N) is 1. The lowest BCUT2D eigenvalue weighted by Crippen LogP contribution is -2.23. The van der Waals surface area contributed by atoms with Crippen LogP contribution in [0.4, 0.5) is 4.79 Å². The molecule has 0 saturated heterocycles. The van der Waals surface area contributed by atoms with E-state index in [0.717, 1.165) is 0 Å². The molecule has 0 aromatic heterocycles. The lowest BCUT2D eigenvalue weighted by Gasteiger charge is -2.04. The fourth-order valence-electron chi connectivity index (χ4n) is 0.257. The zero-order chi connectivity index (χ0) is 8.91. The number of amides is 1. The standard InChI is InChI=1S/C3H8NO6P/c1-2-9-3(5)4-10-11(6,7)8/h2H2,1H3,(H,4,5)(H2,6,7,8). The van der Waals surface area contributed by atoms with Crippen molar-refractivity contribution < 1.29 is 28.5 Å². The van der Waals surface area contributed by atoms with Gasteiger partial charge in [-0.15, -0.1) is 0 Å². The van der Waals surface area contributed by atoms with E-state index < -0.39 is 13.9 Å². The first-order valence-corrected chi connectivity index (χ1v) is 4.15. The molecule has 0 unspecified atom stereocenters. The molecule has 66 valence electrons. The molecule has 8 heteroatoms. The Morgan fingerprint density at radius 1 is 1.64 bits per heavy atom. The predicted molar refractivity (Wildman–Crippen MR) is 33.3 cm³/mol. The third-order valence-electron chi connectivity index (χ3n) is 0.523. The first-order valence-electron chi connectivity index (χ1n) is 2.62. The van der Waals surface area contributed by atoms with Crippen molar-refractivity contribution in [2.45, 2.75) is 6.92 Å². The molecule has 7 nitrogen and oxygen atoms in total. The maximum absolute atomic E-state index is 10.3. The van der Waals surface area contributed by atoms with Crippen LogP contribution in [0.3, 0.4) is 0 Å². The number of rotatable bonds is 3. The SMILES string of the molecule is CCOC(=O)NOP(=O)(O)O. The fraction of sp³-hybridized carbons (Fsp3) is 0.667. The van der Waals surface area contributed by atoms with Crippen molar-refractivity contribution in [3.8, 4) is 0 Å². The van der Waals surface area contributed by atoms with Crippen molar-refractivity contribution in [2.75, 3.05) is 6.61 Å². The van der Waals surface area contributed by atoms with Gasteiger partial charge in [0.1, 0.15) is 0 Å². The van der Waals surface area contributed by atoms with E-state index in [-0.39, 0.29) is 6.61 Å². The molecule has 0 rings (SSSR count). The molecule has 0 aliphatic rings. The zero-order valence-electron chi connectivity index (χ0n) is 5.68. The van der Waals surface area contributed by atoms with Crippen LogP contribution in [0.1, 0.15) is 6.92 Å². The van der Waals surface area contributed by atoms with Crippen LogP contribution in [0.15, 0.2) is 0 Å². The normalized spacial score (nSPS) is 10.8. The summed E-state index contributed by atoms with van der Waals surface area (Å²) in [4.78, 5) is 26.4. The van der Waals surface area contributed by atoms with E-state index in [4.69, 9.17) is 9.79 Å². The number of hydrogen-bond donors (Lipinski definition) is 3. The van der Waals surface area contributed by atoms with Crippen LogP contribution in [0.25, 0.3) is 0 Å². The topological polar surface area (TPSA) is 105 Å². The van der Waals surface area contributed by atoms with Crippen LogP contribution in [-0.4, -0.2) is 22.5 Å². The van der Waals surface area contributed by atoms with Crippen LogP contribution in [0.5, 0.6) is 0 Å². The number of hydrogen-bond acceptors (Lipinski definition) is 4. The molecular weight excluding hydrogens is 177 g/mol. The van der Waals surface area contributed by atoms with E-state index in [0.29, 0.717) is 0 Å². The van der Waals surface area contributed by atoms with E-state index in [2.05, 4.69) is 9.36 Å². The van der Waals surface area contributed by atoms with Gasteiger partial charge in [-0.1, -0.05) is 0 Å². The Morgan fingerprint density at radius 3 is 2.55 bits per heavy atom. The Labute approximate surface area is 62.5 Å². The maximum Gasteiger partial charge on any atom is 0.491 e. The van der Waals surface area contributed by atoms with Crippen LogP contribution in [-0.2, 0) is 13.9 Å². The Balaban J connectivity index is 3.55. The molecule has 0 fully saturated rings. The Bertz CT molecular complexity index is 175. The average Bonchev–Trinajstić information content (AvgIpc) is 1.83. The molecule has 11 heavy (non-hydrogen) atoms. The second-order valence-corrected chi connectivity index (χ2v) is 2.57. The molecule has 0 saturated carbocycles. The van der Waals surface area contributed by atoms with Gasteiger partial charge < -0.3 is 14.5 Å². The number of phosphoric acid groups is 1. The number of ether oxygens (including phenoxy) is 1. The third-order valence-corrected chi connectivity index (χ3v) is 0.852. The van der Waals surface area contributed by atoms with Gasteiger partial charge in [-0.25, -0.2) is 9.36 Å². The molecule has 3 N–H and O–H groups in total. The number of carbonyl (C=O) groups excluding carboxylic acids is 1. The molecule has 1 amide bonds. The van der Waals surface area contributed by atoms with Crippen LogP contribution in [0.2, 0.25) is 0 Å². The molecular formula is C3H8NO6P. The molecule has 0 heterocycles. The largest absolute Gasteiger partial charge is 0.491 e. The van der Waals surface area contributed by atoms with Gasteiger partial charge in [0.25, 0.3) is 0 Å². The molecule has 0 aliphatic heterocycles. The minimum Gasteiger partial charge on any atom is -0.448 e. The molecule has 0 bridgehead atoms. The second-order valence-electron chi connectivity index (χ2n) is 1.40. The molecule has 0 spiro atoms. The first-order chi connectivity index (χ1) is 4.95. The van der Waals surface area contributed by atoms with Gasteiger partial charge in [0, 0.05) is 0 Å². The predicted octanol–water partition coefficient (Wildman–Crippen LogP) is -0.243. The summed E-state index contributed by atoms with van der Waals surface area (Å²) >= 11 is 0. The van der Waals surface area contributed by atoms with Crippen molar-refractivity contribution in [3.05, 3.63) is 0 Å². The summed E-state index contributed by atoms with van der Waals surface area (Å²) in [5, 5.41) is 0. The summed E-state index contributed by atoms with van der Waals surface area (Å²) in [6.45, 7) is 1.63. The summed E-state index contributed by atoms with van der Waals surface area (Å²) < 4.78 is 17.7. The lowest BCUT2D eigenvalue weighted by molar-refractivity contribution is 0.0828. The highest BCUT2D eigenvalue weighted by Gasteiger charge is 2.16. The van der Waals surface area contributed by atoms with Crippen LogP contribution in [0, 0.1) is 0 Å². The lowest BCUT2D eigenvalue weighted by atomic mass is 10.9. The summed E-state index contributed by atoms with van der Waals surface area (Å²) in [5.41, 5.74) is 1.40. The highest BCUT2D eigenvalue weighted by atomic mass is 31.2. The Morgan fingerprint density at radius 2 is 2.18 bits per heavy atom. The van der Waals surface area contributed by atoms with Gasteiger partial charge in [-0.3, -0.25) is 0 Å². The highest BCUT2D eigenvalue weighted by molar-refractivity contribution is 7.46. The van der Waals surface area contributed by atoms with Crippen molar-refractivity contribution in [3.63, 3.8) is 0 Å². The van der Waals surface area contributed by atoms with E-state index in [1.807, 2.05) is 0 Å². The molecule has 0 radical (unpaired) electrons. The summed E-state index contributed by atoms with van der Waals surface area (Å²) in [6.07, 6.45) is -1.05. The fourth-order valence-corrected chi connectivity index (χ4v) is 0.451. The van der Waals surface area contributed by atoms with Gasteiger partial charge in [-0.05, 0) is 6.92 Å². The summed E-state index contributed by atoms with van der Waals surface area (Å²) in [6, 6.07) is 0. The third kappa shape index (κ3) is 7.27. The van der Waals surface area contributed by atoms with E-state index >= 15 is 0 Å². The van der Waals surface area contributed by atoms with E-state index in [9.17, 15) is 9.36 Å². The van der Waals surface area contributed by atoms with Gasteiger partial charge in [0.15, 0.2) is 0 Å². The van der Waals surface area contributed by atoms with Gasteiger partial charge in [0.2, 0.25) is 0 Å². The Hall–Kier alpha value is -0.620. The molecule has 0 aliphatic carbocycles. The van der Waals surface area contributed by atoms with Crippen molar-refractivity contribution in [1.29, 1.82) is 0 Å². The summed E-state index contributed by atoms with van der Waals surface area (Å²) in [5.74, 6) is 0. The second kappa shape index (κ2) is 4.30. The molecule has 0 aromatic rings. The smallest absolute Gasteiger partial charge is 0.448 e. The Kier molecular flexibility index (Phi) is 4.06. The molecule has 0 atom stereocenters. The van der Waals surface area contributed by atoms with Gasteiger partial charge in [0.05, 0.1) is 6.61 Å². The summed E-state index contributed by atoms with van der Waals surface area (Å²) in [7, 11) is -4.66. The molecule has 0 aromatic carbocycles. The van der Waals surface area contributed by atoms with Gasteiger partial charge in [-0.2, -0.15) is 10.1 Å². The first kappa shape index (κ1) is 10.4. The van der Waals surface area contributed by atoms with Gasteiger partial charge >= 0.3 is 13.9 Å². The minimum absolute atomic E-state index is 0.0936. The van der Waals surface area contributed by atoms with Crippen molar-refractivity contribution in [1.82, 2.24) is 5.48 Å². The minimum atomic E-state index is -4.66. The van der Waals surface area contributed by atoms with E-state index in [1.54, 1.807) is 0 Å².